The van der Waals surface area contributed by atoms with Gasteiger partial charge in [-0.05, 0) is 20.8 Å². The average Bonchev–Trinajstić information content (AvgIpc) is 2.10. The van der Waals surface area contributed by atoms with E-state index in [1.54, 1.807) is 20.8 Å². The van der Waals surface area contributed by atoms with Gasteiger partial charge in [0, 0.05) is 6.42 Å². The second-order valence-corrected chi connectivity index (χ2v) is 4.73. The third-order valence-corrected chi connectivity index (χ3v) is 1.94. The molecule has 0 bridgehead atoms. The van der Waals surface area contributed by atoms with E-state index >= 15 is 0 Å². The van der Waals surface area contributed by atoms with Crippen LogP contribution in [0.2, 0.25) is 0 Å². The van der Waals surface area contributed by atoms with E-state index in [1.807, 2.05) is 0 Å². The van der Waals surface area contributed by atoms with Crippen LogP contribution in [0.3, 0.4) is 0 Å². The summed E-state index contributed by atoms with van der Waals surface area (Å²) in [7, 11) is 0. The van der Waals surface area contributed by atoms with Crippen LogP contribution in [0.1, 0.15) is 27.2 Å². The van der Waals surface area contributed by atoms with Crippen LogP contribution >= 0.6 is 0 Å². The summed E-state index contributed by atoms with van der Waals surface area (Å²) in [5.74, 6) is 0. The summed E-state index contributed by atoms with van der Waals surface area (Å²) < 4.78 is 0. The minimum Gasteiger partial charge on any atom is -0.392 e. The van der Waals surface area contributed by atoms with Crippen molar-refractivity contribution in [3.05, 3.63) is 24.3 Å². The summed E-state index contributed by atoms with van der Waals surface area (Å²) in [4.78, 5) is 0. The van der Waals surface area contributed by atoms with Crippen molar-refractivity contribution in [3.63, 3.8) is 0 Å². The Balaban J connectivity index is 4.34. The molecule has 0 aliphatic carbocycles. The fraction of sp³-hybridized carbons (Fsp3) is 0.667. The van der Waals surface area contributed by atoms with Gasteiger partial charge in [-0.1, -0.05) is 24.3 Å². The van der Waals surface area contributed by atoms with E-state index in [-0.39, 0.29) is 13.0 Å². The highest BCUT2D eigenvalue weighted by Crippen LogP contribution is 2.17. The predicted octanol–water partition coefficient (Wildman–Crippen LogP) is 0.364. The Morgan fingerprint density at radius 3 is 2.12 bits per heavy atom. The van der Waals surface area contributed by atoms with E-state index < -0.39 is 17.3 Å². The molecule has 0 aromatic heterocycles. The normalized spacial score (nSPS) is 19.2. The van der Waals surface area contributed by atoms with Crippen LogP contribution < -0.4 is 0 Å². The monoisotopic (exact) mass is 230 g/mol. The first-order valence-corrected chi connectivity index (χ1v) is 5.27. The van der Waals surface area contributed by atoms with Crippen LogP contribution in [0.5, 0.6) is 0 Å². The maximum Gasteiger partial charge on any atom is 0.0828 e. The van der Waals surface area contributed by atoms with Gasteiger partial charge in [0.15, 0.2) is 0 Å². The Bertz CT molecular complexity index is 248. The maximum absolute atomic E-state index is 9.89. The van der Waals surface area contributed by atoms with Crippen molar-refractivity contribution in [1.82, 2.24) is 0 Å². The molecule has 0 amide bonds. The molecular weight excluding hydrogens is 208 g/mol. The second kappa shape index (κ2) is 6.15. The van der Waals surface area contributed by atoms with E-state index in [2.05, 4.69) is 0 Å². The van der Waals surface area contributed by atoms with Gasteiger partial charge in [0.1, 0.15) is 0 Å². The molecule has 0 aromatic carbocycles. The number of hydrogen-bond acceptors (Lipinski definition) is 4. The number of hydrogen-bond donors (Lipinski definition) is 4. The zero-order valence-corrected chi connectivity index (χ0v) is 10.1. The third-order valence-electron chi connectivity index (χ3n) is 1.94. The Morgan fingerprint density at radius 2 is 1.69 bits per heavy atom. The van der Waals surface area contributed by atoms with Gasteiger partial charge in [-0.15, -0.1) is 0 Å². The zero-order valence-electron chi connectivity index (χ0n) is 10.1. The van der Waals surface area contributed by atoms with Crippen molar-refractivity contribution in [2.75, 3.05) is 6.61 Å². The molecule has 94 valence electrons. The van der Waals surface area contributed by atoms with Crippen molar-refractivity contribution in [1.29, 1.82) is 0 Å². The summed E-state index contributed by atoms with van der Waals surface area (Å²) >= 11 is 0. The molecular formula is C12H22O4. The highest BCUT2D eigenvalue weighted by atomic mass is 16.3. The Labute approximate surface area is 96.6 Å². The Morgan fingerprint density at radius 1 is 1.12 bits per heavy atom. The van der Waals surface area contributed by atoms with E-state index in [1.165, 1.54) is 24.3 Å². The molecule has 0 heterocycles. The van der Waals surface area contributed by atoms with Crippen molar-refractivity contribution in [3.8, 4) is 0 Å². The molecule has 0 spiro atoms. The van der Waals surface area contributed by atoms with Crippen molar-refractivity contribution in [2.24, 2.45) is 0 Å². The molecule has 16 heavy (non-hydrogen) atoms. The largest absolute Gasteiger partial charge is 0.392 e. The van der Waals surface area contributed by atoms with Gasteiger partial charge in [0.25, 0.3) is 0 Å². The summed E-state index contributed by atoms with van der Waals surface area (Å²) in [6.07, 6.45) is 5.06. The summed E-state index contributed by atoms with van der Waals surface area (Å²) in [6, 6.07) is 0. The van der Waals surface area contributed by atoms with Crippen LogP contribution in [-0.4, -0.2) is 44.3 Å². The standard InChI is InChI=1S/C12H22O4/c1-11(2,15)6-7-12(3,16)9-10(14)5-4-8-13/h4-7,10,13-16H,8-9H2,1-3H3. The topological polar surface area (TPSA) is 80.9 Å². The van der Waals surface area contributed by atoms with Crippen LogP contribution in [0.25, 0.3) is 0 Å². The van der Waals surface area contributed by atoms with Gasteiger partial charge < -0.3 is 20.4 Å². The van der Waals surface area contributed by atoms with Gasteiger partial charge in [-0.3, -0.25) is 0 Å². The van der Waals surface area contributed by atoms with Crippen molar-refractivity contribution in [2.45, 2.75) is 44.5 Å². The first-order valence-electron chi connectivity index (χ1n) is 5.27. The first kappa shape index (κ1) is 15.3. The quantitative estimate of drug-likeness (QED) is 0.497. The molecule has 0 radical (unpaired) electrons. The van der Waals surface area contributed by atoms with E-state index in [4.69, 9.17) is 5.11 Å². The van der Waals surface area contributed by atoms with Gasteiger partial charge in [-0.25, -0.2) is 0 Å². The van der Waals surface area contributed by atoms with Gasteiger partial charge in [0.05, 0.1) is 23.9 Å². The Hall–Kier alpha value is -0.680. The van der Waals surface area contributed by atoms with Crippen LogP contribution in [0.15, 0.2) is 24.3 Å². The first-order chi connectivity index (χ1) is 7.16. The number of rotatable bonds is 6. The van der Waals surface area contributed by atoms with E-state index in [9.17, 15) is 15.3 Å². The molecule has 0 aliphatic rings. The molecule has 4 heteroatoms. The predicted molar refractivity (Wildman–Crippen MR) is 62.9 cm³/mol. The van der Waals surface area contributed by atoms with Gasteiger partial charge in [0.2, 0.25) is 0 Å². The molecule has 0 aromatic rings. The average molecular weight is 230 g/mol. The SMILES string of the molecule is CC(C)(O)C=CC(C)(O)CC(O)C=CCO. The highest BCUT2D eigenvalue weighted by Gasteiger charge is 2.21. The lowest BCUT2D eigenvalue weighted by molar-refractivity contribution is 0.0539. The lowest BCUT2D eigenvalue weighted by Gasteiger charge is -2.22. The van der Waals surface area contributed by atoms with Gasteiger partial charge in [-0.2, -0.15) is 0 Å². The molecule has 0 saturated heterocycles. The van der Waals surface area contributed by atoms with E-state index in [0.29, 0.717) is 0 Å². The fourth-order valence-electron chi connectivity index (χ4n) is 1.16. The lowest BCUT2D eigenvalue weighted by Crippen LogP contribution is -2.28. The summed E-state index contributed by atoms with van der Waals surface area (Å²) in [5.41, 5.74) is -2.19. The minimum absolute atomic E-state index is 0.107. The van der Waals surface area contributed by atoms with Crippen LogP contribution in [0.4, 0.5) is 0 Å². The van der Waals surface area contributed by atoms with Gasteiger partial charge >= 0.3 is 0 Å². The van der Waals surface area contributed by atoms with Crippen molar-refractivity contribution >= 4 is 0 Å². The second-order valence-electron chi connectivity index (χ2n) is 4.73. The van der Waals surface area contributed by atoms with Crippen LogP contribution in [-0.2, 0) is 0 Å². The van der Waals surface area contributed by atoms with Crippen LogP contribution in [0, 0.1) is 0 Å². The molecule has 2 unspecified atom stereocenters. The minimum atomic E-state index is -1.20. The maximum atomic E-state index is 9.89. The lowest BCUT2D eigenvalue weighted by atomic mass is 9.95. The fourth-order valence-corrected chi connectivity index (χ4v) is 1.16. The van der Waals surface area contributed by atoms with Crippen molar-refractivity contribution < 1.29 is 20.4 Å². The summed E-state index contributed by atoms with van der Waals surface area (Å²) in [6.45, 7) is 4.60. The van der Waals surface area contributed by atoms with E-state index in [0.717, 1.165) is 0 Å². The Kier molecular flexibility index (Phi) is 5.89. The molecule has 4 N–H and O–H groups in total. The number of aliphatic hydroxyl groups excluding tert-OH is 2. The molecule has 0 fully saturated rings. The molecule has 0 aliphatic heterocycles. The zero-order chi connectivity index (χ0) is 12.8. The molecule has 4 nitrogen and oxygen atoms in total. The smallest absolute Gasteiger partial charge is 0.0828 e. The molecule has 0 rings (SSSR count). The molecule has 2 atom stereocenters. The third kappa shape index (κ3) is 8.61. The summed E-state index contributed by atoms with van der Waals surface area (Å²) in [5, 5.41) is 37.3. The number of aliphatic hydroxyl groups is 4. The highest BCUT2D eigenvalue weighted by molar-refractivity contribution is 5.07. The molecule has 0 saturated carbocycles.